The molecule has 0 fully saturated rings. The van der Waals surface area contributed by atoms with Gasteiger partial charge in [-0.25, -0.2) is 0 Å². The normalized spacial score (nSPS) is 12.1. The summed E-state index contributed by atoms with van der Waals surface area (Å²) in [6.07, 6.45) is 1.76. The fourth-order valence-corrected chi connectivity index (χ4v) is 4.65. The van der Waals surface area contributed by atoms with Crippen molar-refractivity contribution in [1.82, 2.24) is 4.57 Å². The van der Waals surface area contributed by atoms with Crippen LogP contribution in [-0.2, 0) is 0 Å². The molecule has 0 radical (unpaired) electrons. The number of rotatable bonds is 1. The van der Waals surface area contributed by atoms with Crippen molar-refractivity contribution in [2.45, 2.75) is 0 Å². The molecule has 0 spiro atoms. The number of hydrogen-bond acceptors (Lipinski definition) is 2. The van der Waals surface area contributed by atoms with Gasteiger partial charge >= 0.3 is 0 Å². The summed E-state index contributed by atoms with van der Waals surface area (Å²) in [6.45, 7) is 0. The summed E-state index contributed by atoms with van der Waals surface area (Å²) in [7, 11) is 0. The standard InChI is InChI=1S/C26H15NO2/c1-3-9-20-19(7-1)24-21(13-12-16-14-15-28-25(16)24)27(20)22-10-5-8-18-17-6-2-4-11-23(17)29-26(18)22/h1-15H. The molecular formula is C26H15NO2. The lowest BCUT2D eigenvalue weighted by atomic mass is 10.1. The van der Waals surface area contributed by atoms with Gasteiger partial charge in [0.15, 0.2) is 5.58 Å². The highest BCUT2D eigenvalue weighted by atomic mass is 16.3. The molecule has 3 heterocycles. The van der Waals surface area contributed by atoms with E-state index in [1.54, 1.807) is 6.26 Å². The third-order valence-electron chi connectivity index (χ3n) is 5.88. The van der Waals surface area contributed by atoms with Crippen LogP contribution in [0.1, 0.15) is 0 Å². The van der Waals surface area contributed by atoms with Gasteiger partial charge in [0.2, 0.25) is 0 Å². The lowest BCUT2D eigenvalue weighted by Gasteiger charge is -2.08. The van der Waals surface area contributed by atoms with Crippen LogP contribution >= 0.6 is 0 Å². The number of para-hydroxylation sites is 3. The SMILES string of the molecule is c1ccc2c(c1)oc1c(-n3c4ccccc4c4c5occc5ccc43)cccc12. The monoisotopic (exact) mass is 373 g/mol. The Morgan fingerprint density at radius 2 is 1.41 bits per heavy atom. The van der Waals surface area contributed by atoms with Crippen molar-refractivity contribution in [3.63, 3.8) is 0 Å². The van der Waals surface area contributed by atoms with Crippen LogP contribution < -0.4 is 0 Å². The van der Waals surface area contributed by atoms with Crippen molar-refractivity contribution < 1.29 is 8.83 Å². The first-order chi connectivity index (χ1) is 14.4. The summed E-state index contributed by atoms with van der Waals surface area (Å²) in [6, 6.07) is 29.4. The van der Waals surface area contributed by atoms with E-state index in [1.165, 1.54) is 5.39 Å². The molecule has 29 heavy (non-hydrogen) atoms. The third-order valence-corrected chi connectivity index (χ3v) is 5.88. The minimum absolute atomic E-state index is 0.899. The van der Waals surface area contributed by atoms with Crippen LogP contribution in [0.25, 0.3) is 60.4 Å². The molecule has 0 unspecified atom stereocenters. The molecule has 0 aliphatic rings. The summed E-state index contributed by atoms with van der Waals surface area (Å²) in [5.41, 5.74) is 6.02. The quantitative estimate of drug-likeness (QED) is 0.300. The summed E-state index contributed by atoms with van der Waals surface area (Å²) in [5, 5.41) is 5.69. The van der Waals surface area contributed by atoms with E-state index >= 15 is 0 Å². The lowest BCUT2D eigenvalue weighted by molar-refractivity contribution is 0.619. The minimum atomic E-state index is 0.899. The second-order valence-electron chi connectivity index (χ2n) is 7.40. The van der Waals surface area contributed by atoms with Gasteiger partial charge in [-0.3, -0.25) is 0 Å². The van der Waals surface area contributed by atoms with Crippen LogP contribution in [0.15, 0.2) is 100 Å². The van der Waals surface area contributed by atoms with Crippen LogP contribution in [0.5, 0.6) is 0 Å². The number of furan rings is 2. The van der Waals surface area contributed by atoms with Crippen LogP contribution in [-0.4, -0.2) is 4.57 Å². The fraction of sp³-hybridized carbons (Fsp3) is 0. The van der Waals surface area contributed by atoms with E-state index in [1.807, 2.05) is 18.2 Å². The fourth-order valence-electron chi connectivity index (χ4n) is 4.65. The molecule has 0 aliphatic heterocycles. The summed E-state index contributed by atoms with van der Waals surface area (Å²) < 4.78 is 14.5. The number of hydrogen-bond donors (Lipinski definition) is 0. The Hall–Kier alpha value is -3.98. The van der Waals surface area contributed by atoms with E-state index in [0.717, 1.165) is 55.0 Å². The highest BCUT2D eigenvalue weighted by Crippen LogP contribution is 2.40. The zero-order valence-corrected chi connectivity index (χ0v) is 15.4. The zero-order valence-electron chi connectivity index (χ0n) is 15.4. The summed E-state index contributed by atoms with van der Waals surface area (Å²) in [4.78, 5) is 0. The molecule has 7 rings (SSSR count). The van der Waals surface area contributed by atoms with Gasteiger partial charge < -0.3 is 13.4 Å². The average molecular weight is 373 g/mol. The molecule has 3 aromatic heterocycles. The molecule has 7 aromatic rings. The maximum absolute atomic E-state index is 6.33. The van der Waals surface area contributed by atoms with Gasteiger partial charge in [-0.05, 0) is 36.4 Å². The van der Waals surface area contributed by atoms with Crippen molar-refractivity contribution >= 4 is 54.7 Å². The number of fused-ring (bicyclic) bond motifs is 8. The molecule has 4 aromatic carbocycles. The Bertz CT molecular complexity index is 1710. The first-order valence-electron chi connectivity index (χ1n) is 9.70. The van der Waals surface area contributed by atoms with Crippen molar-refractivity contribution in [3.05, 3.63) is 91.2 Å². The molecule has 136 valence electrons. The predicted molar refractivity (Wildman–Crippen MR) is 118 cm³/mol. The van der Waals surface area contributed by atoms with Gasteiger partial charge in [-0.15, -0.1) is 0 Å². The van der Waals surface area contributed by atoms with Crippen molar-refractivity contribution in [1.29, 1.82) is 0 Å². The third kappa shape index (κ3) is 1.87. The van der Waals surface area contributed by atoms with Crippen molar-refractivity contribution in [2.75, 3.05) is 0 Å². The zero-order chi connectivity index (χ0) is 18.9. The summed E-state index contributed by atoms with van der Waals surface area (Å²) >= 11 is 0. The second kappa shape index (κ2) is 5.30. The van der Waals surface area contributed by atoms with Crippen molar-refractivity contribution in [2.24, 2.45) is 0 Å². The second-order valence-corrected chi connectivity index (χ2v) is 7.40. The Labute approximate surface area is 165 Å². The van der Waals surface area contributed by atoms with Gasteiger partial charge in [0, 0.05) is 21.5 Å². The molecule has 0 amide bonds. The molecule has 0 saturated heterocycles. The largest absolute Gasteiger partial charge is 0.464 e. The van der Waals surface area contributed by atoms with Gasteiger partial charge in [-0.1, -0.05) is 48.5 Å². The van der Waals surface area contributed by atoms with E-state index < -0.39 is 0 Å². The molecule has 3 nitrogen and oxygen atoms in total. The van der Waals surface area contributed by atoms with E-state index in [9.17, 15) is 0 Å². The maximum Gasteiger partial charge on any atom is 0.159 e. The molecule has 0 aliphatic carbocycles. The van der Waals surface area contributed by atoms with Crippen LogP contribution in [0.4, 0.5) is 0 Å². The van der Waals surface area contributed by atoms with E-state index in [0.29, 0.717) is 0 Å². The van der Waals surface area contributed by atoms with Crippen LogP contribution in [0, 0.1) is 0 Å². The highest BCUT2D eigenvalue weighted by molar-refractivity contribution is 6.20. The molecule has 0 bridgehead atoms. The highest BCUT2D eigenvalue weighted by Gasteiger charge is 2.19. The van der Waals surface area contributed by atoms with E-state index in [4.69, 9.17) is 8.83 Å². The molecule has 0 saturated carbocycles. The van der Waals surface area contributed by atoms with Crippen LogP contribution in [0.2, 0.25) is 0 Å². The summed E-state index contributed by atoms with van der Waals surface area (Å²) in [5.74, 6) is 0. The van der Waals surface area contributed by atoms with Gasteiger partial charge in [0.25, 0.3) is 0 Å². The molecule has 0 atom stereocenters. The van der Waals surface area contributed by atoms with Crippen molar-refractivity contribution in [3.8, 4) is 5.69 Å². The first kappa shape index (κ1) is 15.0. The number of aromatic nitrogens is 1. The minimum Gasteiger partial charge on any atom is -0.464 e. The Kier molecular flexibility index (Phi) is 2.74. The molecule has 3 heteroatoms. The van der Waals surface area contributed by atoms with Gasteiger partial charge in [-0.2, -0.15) is 0 Å². The smallest absolute Gasteiger partial charge is 0.159 e. The maximum atomic E-state index is 6.33. The number of benzene rings is 4. The first-order valence-corrected chi connectivity index (χ1v) is 9.70. The Morgan fingerprint density at radius 1 is 0.586 bits per heavy atom. The molecular weight excluding hydrogens is 358 g/mol. The van der Waals surface area contributed by atoms with Gasteiger partial charge in [0.1, 0.15) is 11.2 Å². The van der Waals surface area contributed by atoms with E-state index in [-0.39, 0.29) is 0 Å². The lowest BCUT2D eigenvalue weighted by Crippen LogP contribution is -1.94. The topological polar surface area (TPSA) is 31.2 Å². The average Bonchev–Trinajstić information content (AvgIpc) is 3.46. The number of nitrogens with zero attached hydrogens (tertiary/aromatic N) is 1. The predicted octanol–water partition coefficient (Wildman–Crippen LogP) is 7.43. The van der Waals surface area contributed by atoms with Crippen LogP contribution in [0.3, 0.4) is 0 Å². The molecule has 0 N–H and O–H groups in total. The Morgan fingerprint density at radius 3 is 2.38 bits per heavy atom. The van der Waals surface area contributed by atoms with E-state index in [2.05, 4.69) is 71.3 Å². The van der Waals surface area contributed by atoms with Gasteiger partial charge in [0.05, 0.1) is 28.4 Å². The Balaban J connectivity index is 1.72.